The maximum absolute atomic E-state index is 4.35. The third-order valence-corrected chi connectivity index (χ3v) is 2.62. The number of hydrogen-bond acceptors (Lipinski definition) is 4. The molecule has 2 aromatic rings. The number of nitrogens with one attached hydrogen (secondary N) is 1. The minimum Gasteiger partial charge on any atom is -0.376 e. The van der Waals surface area contributed by atoms with E-state index in [2.05, 4.69) is 27.2 Å². The second-order valence-corrected chi connectivity index (χ2v) is 4.08. The van der Waals surface area contributed by atoms with Crippen molar-refractivity contribution in [3.05, 3.63) is 47.8 Å². The number of rotatable bonds is 3. The first kappa shape index (κ1) is 11.5. The minimum absolute atomic E-state index is 0.119. The van der Waals surface area contributed by atoms with E-state index in [1.807, 2.05) is 32.2 Å². The summed E-state index contributed by atoms with van der Waals surface area (Å²) in [6.07, 6.45) is 5.25. The summed E-state index contributed by atoms with van der Waals surface area (Å²) in [5.74, 6) is 0. The van der Waals surface area contributed by atoms with Crippen LogP contribution in [-0.4, -0.2) is 15.0 Å². The number of pyridine rings is 1. The van der Waals surface area contributed by atoms with Crippen LogP contribution in [-0.2, 0) is 0 Å². The van der Waals surface area contributed by atoms with Crippen LogP contribution in [0, 0.1) is 13.8 Å². The first-order chi connectivity index (χ1) is 8.16. The van der Waals surface area contributed by atoms with Crippen molar-refractivity contribution in [1.82, 2.24) is 15.0 Å². The standard InChI is InChI=1S/C13H16N4/c1-9-4-5-12(8-16-9)17-11(3)13-10(2)14-6-7-15-13/h4-8,11,17H,1-3H3. The zero-order valence-corrected chi connectivity index (χ0v) is 10.3. The largest absolute Gasteiger partial charge is 0.376 e. The lowest BCUT2D eigenvalue weighted by molar-refractivity contribution is 0.809. The molecule has 0 saturated heterocycles. The van der Waals surface area contributed by atoms with E-state index < -0.39 is 0 Å². The third-order valence-electron chi connectivity index (χ3n) is 2.62. The van der Waals surface area contributed by atoms with Gasteiger partial charge in [-0.1, -0.05) is 0 Å². The molecule has 0 radical (unpaired) electrons. The molecule has 88 valence electrons. The van der Waals surface area contributed by atoms with E-state index in [0.29, 0.717) is 0 Å². The molecule has 1 N–H and O–H groups in total. The molecule has 0 aliphatic carbocycles. The van der Waals surface area contributed by atoms with E-state index in [9.17, 15) is 0 Å². The fourth-order valence-electron chi connectivity index (χ4n) is 1.72. The zero-order valence-electron chi connectivity index (χ0n) is 10.3. The molecule has 0 aromatic carbocycles. The van der Waals surface area contributed by atoms with Crippen LogP contribution in [0.3, 0.4) is 0 Å². The monoisotopic (exact) mass is 228 g/mol. The molecule has 0 fully saturated rings. The molecule has 1 unspecified atom stereocenters. The molecule has 1 atom stereocenters. The summed E-state index contributed by atoms with van der Waals surface area (Å²) in [6, 6.07) is 4.12. The van der Waals surface area contributed by atoms with Crippen LogP contribution in [0.25, 0.3) is 0 Å². The molecule has 2 heterocycles. The molecule has 0 bridgehead atoms. The SMILES string of the molecule is Cc1ccc(NC(C)c2nccnc2C)cn1. The molecule has 4 nitrogen and oxygen atoms in total. The zero-order chi connectivity index (χ0) is 12.3. The van der Waals surface area contributed by atoms with Gasteiger partial charge in [0.15, 0.2) is 0 Å². The molecule has 4 heteroatoms. The van der Waals surface area contributed by atoms with Gasteiger partial charge in [-0.15, -0.1) is 0 Å². The lowest BCUT2D eigenvalue weighted by atomic mass is 10.2. The Morgan fingerprint density at radius 2 is 1.82 bits per heavy atom. The Bertz CT molecular complexity index is 493. The molecule has 0 aliphatic rings. The predicted molar refractivity (Wildman–Crippen MR) is 67.8 cm³/mol. The number of nitrogens with zero attached hydrogens (tertiary/aromatic N) is 3. The topological polar surface area (TPSA) is 50.7 Å². The van der Waals surface area contributed by atoms with Crippen molar-refractivity contribution < 1.29 is 0 Å². The van der Waals surface area contributed by atoms with Gasteiger partial charge < -0.3 is 5.32 Å². The van der Waals surface area contributed by atoms with Crippen LogP contribution in [0.15, 0.2) is 30.7 Å². The summed E-state index contributed by atoms with van der Waals surface area (Å²) in [5.41, 5.74) is 3.92. The second-order valence-electron chi connectivity index (χ2n) is 4.08. The maximum atomic E-state index is 4.35. The molecule has 2 aromatic heterocycles. The first-order valence-corrected chi connectivity index (χ1v) is 5.63. The summed E-state index contributed by atoms with van der Waals surface area (Å²) < 4.78 is 0. The predicted octanol–water partition coefficient (Wildman–Crippen LogP) is 2.66. The molecule has 0 spiro atoms. The smallest absolute Gasteiger partial charge is 0.0835 e. The van der Waals surface area contributed by atoms with Gasteiger partial charge in [0.25, 0.3) is 0 Å². The van der Waals surface area contributed by atoms with E-state index in [-0.39, 0.29) is 6.04 Å². The lowest BCUT2D eigenvalue weighted by Gasteiger charge is -2.15. The van der Waals surface area contributed by atoms with Crippen LogP contribution in [0.5, 0.6) is 0 Å². The van der Waals surface area contributed by atoms with Crippen LogP contribution in [0.4, 0.5) is 5.69 Å². The minimum atomic E-state index is 0.119. The summed E-state index contributed by atoms with van der Waals surface area (Å²) in [7, 11) is 0. The number of aryl methyl sites for hydroxylation is 2. The average molecular weight is 228 g/mol. The fourth-order valence-corrected chi connectivity index (χ4v) is 1.72. The summed E-state index contributed by atoms with van der Waals surface area (Å²) in [5, 5.41) is 3.36. The van der Waals surface area contributed by atoms with Crippen molar-refractivity contribution in [1.29, 1.82) is 0 Å². The van der Waals surface area contributed by atoms with Gasteiger partial charge in [-0.3, -0.25) is 15.0 Å². The van der Waals surface area contributed by atoms with Crippen molar-refractivity contribution in [2.45, 2.75) is 26.8 Å². The fraction of sp³-hybridized carbons (Fsp3) is 0.308. The van der Waals surface area contributed by atoms with E-state index in [1.165, 1.54) is 0 Å². The van der Waals surface area contributed by atoms with E-state index in [4.69, 9.17) is 0 Å². The molecule has 17 heavy (non-hydrogen) atoms. The first-order valence-electron chi connectivity index (χ1n) is 5.63. The van der Waals surface area contributed by atoms with E-state index >= 15 is 0 Å². The Hall–Kier alpha value is -1.97. The van der Waals surface area contributed by atoms with Crippen molar-refractivity contribution in [3.63, 3.8) is 0 Å². The van der Waals surface area contributed by atoms with Crippen LogP contribution in [0.2, 0.25) is 0 Å². The van der Waals surface area contributed by atoms with E-state index in [0.717, 1.165) is 22.8 Å². The Morgan fingerprint density at radius 1 is 1.06 bits per heavy atom. The van der Waals surface area contributed by atoms with Crippen molar-refractivity contribution in [2.75, 3.05) is 5.32 Å². The quantitative estimate of drug-likeness (QED) is 0.877. The van der Waals surface area contributed by atoms with Gasteiger partial charge in [-0.05, 0) is 32.9 Å². The third kappa shape index (κ3) is 2.78. The Balaban J connectivity index is 2.14. The molecular weight excluding hydrogens is 212 g/mol. The van der Waals surface area contributed by atoms with Gasteiger partial charge in [-0.25, -0.2) is 0 Å². The Labute approximate surface area is 101 Å². The summed E-state index contributed by atoms with van der Waals surface area (Å²) in [4.78, 5) is 12.8. The lowest BCUT2D eigenvalue weighted by Crippen LogP contribution is -2.11. The maximum Gasteiger partial charge on any atom is 0.0835 e. The van der Waals surface area contributed by atoms with Gasteiger partial charge in [0.2, 0.25) is 0 Å². The molecule has 2 rings (SSSR count). The molecular formula is C13H16N4. The van der Waals surface area contributed by atoms with Gasteiger partial charge in [0.1, 0.15) is 0 Å². The van der Waals surface area contributed by atoms with Crippen LogP contribution in [0.1, 0.15) is 30.0 Å². The highest BCUT2D eigenvalue weighted by molar-refractivity contribution is 5.43. The number of aromatic nitrogens is 3. The van der Waals surface area contributed by atoms with Crippen molar-refractivity contribution in [3.8, 4) is 0 Å². The number of anilines is 1. The second kappa shape index (κ2) is 4.91. The molecule has 0 aliphatic heterocycles. The van der Waals surface area contributed by atoms with Gasteiger partial charge in [0, 0.05) is 18.1 Å². The van der Waals surface area contributed by atoms with Gasteiger partial charge in [0.05, 0.1) is 29.3 Å². The summed E-state index contributed by atoms with van der Waals surface area (Å²) in [6.45, 7) is 6.00. The molecule has 0 amide bonds. The highest BCUT2D eigenvalue weighted by atomic mass is 15.0. The van der Waals surface area contributed by atoms with Crippen LogP contribution < -0.4 is 5.32 Å². The Kier molecular flexibility index (Phi) is 3.32. The van der Waals surface area contributed by atoms with Crippen molar-refractivity contribution in [2.24, 2.45) is 0 Å². The Morgan fingerprint density at radius 3 is 2.47 bits per heavy atom. The average Bonchev–Trinajstić information content (AvgIpc) is 2.32. The normalized spacial score (nSPS) is 12.2. The van der Waals surface area contributed by atoms with Crippen LogP contribution >= 0.6 is 0 Å². The summed E-state index contributed by atoms with van der Waals surface area (Å²) >= 11 is 0. The highest BCUT2D eigenvalue weighted by Gasteiger charge is 2.10. The number of hydrogen-bond donors (Lipinski definition) is 1. The van der Waals surface area contributed by atoms with Crippen molar-refractivity contribution >= 4 is 5.69 Å². The van der Waals surface area contributed by atoms with Gasteiger partial charge in [-0.2, -0.15) is 0 Å². The molecule has 0 saturated carbocycles. The van der Waals surface area contributed by atoms with Gasteiger partial charge >= 0.3 is 0 Å². The van der Waals surface area contributed by atoms with E-state index in [1.54, 1.807) is 12.4 Å². The highest BCUT2D eigenvalue weighted by Crippen LogP contribution is 2.18.